The van der Waals surface area contributed by atoms with Crippen LogP contribution in [0.5, 0.6) is 0 Å². The zero-order valence-corrected chi connectivity index (χ0v) is 58.1. The summed E-state index contributed by atoms with van der Waals surface area (Å²) in [4.78, 5) is 97.8. The maximum atomic E-state index is 11.1. The largest absolute Gasteiger partial charge is 0.549 e. The summed E-state index contributed by atoms with van der Waals surface area (Å²) in [5.41, 5.74) is 11.8. The van der Waals surface area contributed by atoms with Crippen molar-refractivity contribution in [1.82, 2.24) is 49.7 Å². The Bertz CT molecular complexity index is 4140. The molecular weight excluding hydrogens is 1300 g/mol. The van der Waals surface area contributed by atoms with E-state index in [0.717, 1.165) is 71.2 Å². The third-order valence-electron chi connectivity index (χ3n) is 13.9. The van der Waals surface area contributed by atoms with Crippen LogP contribution in [0.25, 0.3) is 44.5 Å². The first-order chi connectivity index (χ1) is 48.1. The van der Waals surface area contributed by atoms with Gasteiger partial charge in [0, 0.05) is 74.8 Å². The van der Waals surface area contributed by atoms with E-state index in [1.54, 1.807) is 49.4 Å². The van der Waals surface area contributed by atoms with Gasteiger partial charge >= 0.3 is 25.5 Å². The molecule has 0 spiro atoms. The van der Waals surface area contributed by atoms with Crippen LogP contribution in [0.4, 0.5) is 0 Å². The number of aliphatic carboxylic acids is 2. The third-order valence-corrected chi connectivity index (χ3v) is 14.7. The molecule has 5 N–H and O–H groups in total. The van der Waals surface area contributed by atoms with Gasteiger partial charge in [-0.25, -0.2) is 29.5 Å². The molecule has 0 saturated heterocycles. The smallest absolute Gasteiger partial charge is 0.354 e. The Morgan fingerprint density at radius 1 is 0.430 bits per heavy atom. The van der Waals surface area contributed by atoms with Crippen molar-refractivity contribution in [3.05, 3.63) is 239 Å². The van der Waals surface area contributed by atoms with E-state index in [1.165, 1.54) is 28.2 Å². The van der Waals surface area contributed by atoms with Crippen molar-refractivity contribution in [2.75, 3.05) is 52.6 Å². The first kappa shape index (κ1) is 80.6. The highest BCUT2D eigenvalue weighted by atomic mass is 31.2. The number of carboxylic acid groups (broad SMARTS) is 4. The van der Waals surface area contributed by atoms with E-state index < -0.39 is 31.5 Å². The predicted octanol–water partition coefficient (Wildman–Crippen LogP) is 10.9. The molecule has 25 nitrogen and oxygen atoms in total. The molecule has 26 heteroatoms. The number of nitrogens with zero attached hydrogens (tertiary/aromatic N) is 10. The Morgan fingerprint density at radius 2 is 0.850 bits per heavy atom. The maximum Gasteiger partial charge on any atom is 0.354 e. The number of fused-ring (bicyclic) bond motifs is 3. The van der Waals surface area contributed by atoms with Crippen molar-refractivity contribution in [1.29, 1.82) is 0 Å². The number of aromatic nitrogens is 8. The summed E-state index contributed by atoms with van der Waals surface area (Å²) < 4.78 is 31.9. The Morgan fingerprint density at radius 3 is 1.33 bits per heavy atom. The molecule has 0 aliphatic rings. The number of ether oxygens (including phenoxy) is 4. The fourth-order valence-corrected chi connectivity index (χ4v) is 9.68. The summed E-state index contributed by atoms with van der Waals surface area (Å²) in [6.45, 7) is 20.6. The molecule has 0 unspecified atom stereocenters. The lowest BCUT2D eigenvalue weighted by Gasteiger charge is -2.19. The molecule has 8 aromatic heterocycles. The lowest BCUT2D eigenvalue weighted by Crippen LogP contribution is -2.40. The van der Waals surface area contributed by atoms with Crippen molar-refractivity contribution in [3.8, 4) is 22.6 Å². The van der Waals surface area contributed by atoms with Gasteiger partial charge in [0.1, 0.15) is 11.4 Å². The van der Waals surface area contributed by atoms with Gasteiger partial charge in [0.2, 0.25) is 0 Å². The Hall–Kier alpha value is -10.1. The Balaban J connectivity index is 0.000000219. The average Bonchev–Trinajstić information content (AvgIpc) is 0.780. The fourth-order valence-electron chi connectivity index (χ4n) is 9.09. The first-order valence-electron chi connectivity index (χ1n) is 32.2. The number of rotatable bonds is 28. The zero-order chi connectivity index (χ0) is 72.7. The number of hydrogen-bond acceptors (Lipinski definition) is 20. The van der Waals surface area contributed by atoms with Gasteiger partial charge in [0.15, 0.2) is 0 Å². The van der Waals surface area contributed by atoms with Gasteiger partial charge in [0.05, 0.1) is 113 Å². The minimum atomic E-state index is -4.04. The third kappa shape index (κ3) is 30.0. The van der Waals surface area contributed by atoms with Crippen LogP contribution in [-0.4, -0.2) is 151 Å². The second-order valence-corrected chi connectivity index (χ2v) is 23.2. The van der Waals surface area contributed by atoms with Gasteiger partial charge in [-0.1, -0.05) is 98.8 Å². The summed E-state index contributed by atoms with van der Waals surface area (Å²) in [7, 11) is -4.04. The molecule has 100 heavy (non-hydrogen) atoms. The molecule has 0 fully saturated rings. The number of aryl methyl sites for hydroxylation is 1. The maximum absolute atomic E-state index is 11.1. The summed E-state index contributed by atoms with van der Waals surface area (Å²) in [5, 5.41) is 38.1. The van der Waals surface area contributed by atoms with E-state index in [2.05, 4.69) is 82.9 Å². The molecular formula is C74H86N10O15P-. The number of carbonyl (C=O) groups excluding carboxylic acids is 1. The van der Waals surface area contributed by atoms with Crippen molar-refractivity contribution in [2.24, 2.45) is 0 Å². The molecule has 0 aliphatic carbocycles. The monoisotopic (exact) mass is 1390 g/mol. The van der Waals surface area contributed by atoms with E-state index in [1.807, 2.05) is 131 Å². The number of carbonyl (C=O) groups is 4. The molecule has 0 bridgehead atoms. The van der Waals surface area contributed by atoms with E-state index >= 15 is 0 Å². The van der Waals surface area contributed by atoms with Crippen LogP contribution in [0.15, 0.2) is 182 Å². The van der Waals surface area contributed by atoms with Gasteiger partial charge in [0.25, 0.3) is 0 Å². The summed E-state index contributed by atoms with van der Waals surface area (Å²) in [6.07, 6.45) is 3.35. The van der Waals surface area contributed by atoms with E-state index in [-0.39, 0.29) is 30.6 Å². The normalized spacial score (nSPS) is 10.8. The molecule has 0 amide bonds. The van der Waals surface area contributed by atoms with Crippen LogP contribution in [0.3, 0.4) is 0 Å². The lowest BCUT2D eigenvalue weighted by molar-refractivity contribution is -0.306. The van der Waals surface area contributed by atoms with Crippen LogP contribution in [0, 0.1) is 6.92 Å². The Kier molecular flexibility index (Phi) is 35.5. The molecule has 0 aliphatic heterocycles. The molecule has 0 radical (unpaired) electrons. The van der Waals surface area contributed by atoms with Crippen LogP contribution >= 0.6 is 7.60 Å². The zero-order valence-electron chi connectivity index (χ0n) is 57.2. The molecule has 528 valence electrons. The van der Waals surface area contributed by atoms with Crippen molar-refractivity contribution in [3.63, 3.8) is 0 Å². The van der Waals surface area contributed by atoms with Crippen LogP contribution in [0.2, 0.25) is 0 Å². The van der Waals surface area contributed by atoms with Crippen LogP contribution in [-0.2, 0) is 78.8 Å². The summed E-state index contributed by atoms with van der Waals surface area (Å²) >= 11 is 0. The van der Waals surface area contributed by atoms with Gasteiger partial charge in [-0.15, -0.1) is 0 Å². The molecule has 2 aromatic carbocycles. The second kappa shape index (κ2) is 44.1. The van der Waals surface area contributed by atoms with Gasteiger partial charge < -0.3 is 54.0 Å². The van der Waals surface area contributed by atoms with Crippen molar-refractivity contribution in [2.45, 2.75) is 94.1 Å². The number of hydrogen-bond donors (Lipinski definition) is 5. The van der Waals surface area contributed by atoms with Gasteiger partial charge in [-0.2, -0.15) is 0 Å². The highest BCUT2D eigenvalue weighted by Gasteiger charge is 2.16. The minimum Gasteiger partial charge on any atom is -0.549 e. The fraction of sp³-hybridized carbons (Fsp3) is 0.297. The van der Waals surface area contributed by atoms with E-state index in [0.29, 0.717) is 86.6 Å². The molecule has 0 saturated carbocycles. The first-order valence-corrected chi connectivity index (χ1v) is 34.0. The SMILES string of the molecule is CCN(CC(=O)[O-])CC(=O)O.CCN(Cc1ccccn1)Cc1ccccn1.CCOCc1ccc2ccc3ccc(C(=O)O)nc3c2n1.CCOCc1cccc(-c2cccc(C(=O)O)n2)n1.CCOCc1cccc(-c2ccccc2C)n1.CCOCc1cccc(CP(=O)(O)O)n1. The molecule has 0 atom stereocenters. The number of carboxylic acids is 4. The minimum absolute atomic E-state index is 0.00881. The van der Waals surface area contributed by atoms with E-state index in [9.17, 15) is 28.8 Å². The summed E-state index contributed by atoms with van der Waals surface area (Å²) in [5.74, 6) is -4.38. The topological polar surface area (TPSA) is 356 Å². The van der Waals surface area contributed by atoms with Crippen molar-refractivity contribution >= 4 is 53.3 Å². The molecule has 8 heterocycles. The predicted molar refractivity (Wildman–Crippen MR) is 377 cm³/mol. The molecule has 10 rings (SSSR count). The molecule has 10 aromatic rings. The Labute approximate surface area is 581 Å². The number of benzene rings is 2. The van der Waals surface area contributed by atoms with Crippen LogP contribution < -0.4 is 5.11 Å². The van der Waals surface area contributed by atoms with Gasteiger partial charge in [-0.05, 0) is 138 Å². The lowest BCUT2D eigenvalue weighted by atomic mass is 10.1. The quantitative estimate of drug-likeness (QED) is 0.0225. The highest BCUT2D eigenvalue weighted by Crippen LogP contribution is 2.38. The van der Waals surface area contributed by atoms with Crippen LogP contribution in [0.1, 0.15) is 108 Å². The van der Waals surface area contributed by atoms with Crippen molar-refractivity contribution < 1.29 is 72.9 Å². The average molecular weight is 1390 g/mol. The van der Waals surface area contributed by atoms with E-state index in [4.69, 9.17) is 44.1 Å². The highest BCUT2D eigenvalue weighted by molar-refractivity contribution is 7.50. The second-order valence-electron chi connectivity index (χ2n) is 21.6. The number of aromatic carboxylic acids is 2. The van der Waals surface area contributed by atoms with Gasteiger partial charge in [-0.3, -0.25) is 39.1 Å². The number of pyridine rings is 8. The number of likely N-dealkylation sites (N-methyl/N-ethyl adjacent to an activating group) is 1. The standard InChI is InChI=1S/C16H14N2O3.C15H17NO.C14H17N3.C14H14N2O3.C9H14NO4P.C6H11NO4/c1-2-21-9-12-7-5-10-3-4-11-6-8-13(16(19)20)18-15(11)14(10)17-12;1-3-17-11-13-8-6-10-15(16-13)14-9-5-4-7-12(14)2;1-2-17(11-13-7-3-5-9-15-13)12-14-8-4-6-10-16-14;1-2-19-9-10-5-3-6-11(15-10)12-7-4-8-13(16-12)14(17)18;1-2-14-6-8-4-3-5-9(10-8)7-15(11,12)13;1-2-7(3-5(8)9)4-6(10)11/h3-8H,2,9H2,1H3,(H,19,20);4-10H,3,11H2,1-2H3;3-10H,2,11-12H2,1H3;3-8H,2,9H2,1H3,(H,17,18);3-5H,2,6-7H2,1H3,(H2,11,12,13);2-4H2,1H3,(H,8,9)(H,10,11)/p-1. The summed E-state index contributed by atoms with van der Waals surface area (Å²) in [6, 6.07) is 52.8.